The van der Waals surface area contributed by atoms with Crippen molar-refractivity contribution < 1.29 is 9.53 Å². The molecule has 1 aliphatic heterocycles. The third-order valence-electron chi connectivity index (χ3n) is 6.44. The molecule has 0 saturated carbocycles. The zero-order valence-corrected chi connectivity index (χ0v) is 19.7. The van der Waals surface area contributed by atoms with Crippen molar-refractivity contribution in [1.29, 1.82) is 0 Å². The molecule has 0 unspecified atom stereocenters. The average Bonchev–Trinajstić information content (AvgIpc) is 3.23. The topological polar surface area (TPSA) is 85.2 Å². The highest BCUT2D eigenvalue weighted by atomic mass is 16.5. The van der Waals surface area contributed by atoms with E-state index in [2.05, 4.69) is 27.3 Å². The molecular weight excluding hydrogens is 428 g/mol. The van der Waals surface area contributed by atoms with Gasteiger partial charge in [0.15, 0.2) is 5.82 Å². The number of rotatable bonds is 5. The number of carbonyl (C=O) groups is 1. The number of hydrogen-bond donors (Lipinski definition) is 1. The molecular formula is C26H28N6O2. The predicted octanol–water partition coefficient (Wildman–Crippen LogP) is 4.30. The SMILES string of the molecule is COc1ccccc1NC(=O)[C@H]1CCCN(c2nnc(C)c3c(C)n(-c4ccccc4)nc23)C1. The van der Waals surface area contributed by atoms with Crippen LogP contribution in [0.5, 0.6) is 5.75 Å². The molecule has 0 bridgehead atoms. The minimum atomic E-state index is -0.172. The minimum absolute atomic E-state index is 0.0171. The van der Waals surface area contributed by atoms with Crippen molar-refractivity contribution in [3.05, 3.63) is 66.0 Å². The first-order chi connectivity index (χ1) is 16.6. The molecule has 8 nitrogen and oxygen atoms in total. The number of carbonyl (C=O) groups excluding carboxylic acids is 1. The number of nitrogens with zero attached hydrogens (tertiary/aromatic N) is 5. The van der Waals surface area contributed by atoms with Crippen molar-refractivity contribution in [3.63, 3.8) is 0 Å². The summed E-state index contributed by atoms with van der Waals surface area (Å²) in [5.74, 6) is 1.19. The molecule has 0 spiro atoms. The molecule has 34 heavy (non-hydrogen) atoms. The Morgan fingerprint density at radius 3 is 2.62 bits per heavy atom. The van der Waals surface area contributed by atoms with Crippen molar-refractivity contribution >= 4 is 28.3 Å². The summed E-state index contributed by atoms with van der Waals surface area (Å²) in [4.78, 5) is 15.3. The van der Waals surface area contributed by atoms with Gasteiger partial charge in [0.25, 0.3) is 0 Å². The van der Waals surface area contributed by atoms with E-state index in [1.165, 1.54) is 0 Å². The number of ether oxygens (including phenoxy) is 1. The average molecular weight is 457 g/mol. The highest BCUT2D eigenvalue weighted by molar-refractivity contribution is 5.95. The number of piperidine rings is 1. The smallest absolute Gasteiger partial charge is 0.229 e. The maximum absolute atomic E-state index is 13.1. The van der Waals surface area contributed by atoms with Crippen LogP contribution in [0, 0.1) is 19.8 Å². The largest absolute Gasteiger partial charge is 0.495 e. The van der Waals surface area contributed by atoms with Gasteiger partial charge in [0.1, 0.15) is 11.3 Å². The molecule has 174 valence electrons. The molecule has 4 aromatic rings. The number of aryl methyl sites for hydroxylation is 2. The van der Waals surface area contributed by atoms with Crippen LogP contribution in [0.2, 0.25) is 0 Å². The highest BCUT2D eigenvalue weighted by Crippen LogP contribution is 2.32. The number of nitrogens with one attached hydrogen (secondary N) is 1. The molecule has 5 rings (SSSR count). The third kappa shape index (κ3) is 3.96. The summed E-state index contributed by atoms with van der Waals surface area (Å²) < 4.78 is 7.32. The van der Waals surface area contributed by atoms with Crippen LogP contribution in [0.15, 0.2) is 54.6 Å². The van der Waals surface area contributed by atoms with Crippen LogP contribution < -0.4 is 15.0 Å². The number of amides is 1. The lowest BCUT2D eigenvalue weighted by Gasteiger charge is -2.32. The molecule has 3 heterocycles. The Hall–Kier alpha value is -3.94. The molecule has 1 atom stereocenters. The highest BCUT2D eigenvalue weighted by Gasteiger charge is 2.29. The molecule has 0 radical (unpaired) electrons. The number of fused-ring (bicyclic) bond motifs is 1. The molecule has 1 fully saturated rings. The Labute approximate surface area is 198 Å². The van der Waals surface area contributed by atoms with E-state index < -0.39 is 0 Å². The monoisotopic (exact) mass is 456 g/mol. The Morgan fingerprint density at radius 2 is 1.82 bits per heavy atom. The number of hydrogen-bond acceptors (Lipinski definition) is 6. The Kier molecular flexibility index (Phi) is 5.88. The molecule has 1 N–H and O–H groups in total. The lowest BCUT2D eigenvalue weighted by atomic mass is 9.96. The van der Waals surface area contributed by atoms with E-state index in [-0.39, 0.29) is 11.8 Å². The summed E-state index contributed by atoms with van der Waals surface area (Å²) in [6, 6.07) is 17.5. The molecule has 8 heteroatoms. The second-order valence-electron chi connectivity index (χ2n) is 8.64. The molecule has 1 saturated heterocycles. The van der Waals surface area contributed by atoms with Crippen LogP contribution in [-0.2, 0) is 4.79 Å². The molecule has 2 aromatic carbocycles. The lowest BCUT2D eigenvalue weighted by Crippen LogP contribution is -2.41. The quantitative estimate of drug-likeness (QED) is 0.482. The summed E-state index contributed by atoms with van der Waals surface area (Å²) in [5.41, 5.74) is 4.37. The second kappa shape index (κ2) is 9.13. The Morgan fingerprint density at radius 1 is 1.06 bits per heavy atom. The van der Waals surface area contributed by atoms with Crippen molar-refractivity contribution in [2.75, 3.05) is 30.4 Å². The maximum Gasteiger partial charge on any atom is 0.229 e. The molecule has 0 aliphatic carbocycles. The van der Waals surface area contributed by atoms with Gasteiger partial charge in [-0.1, -0.05) is 30.3 Å². The Balaban J connectivity index is 1.44. The van der Waals surface area contributed by atoms with E-state index in [0.717, 1.165) is 53.2 Å². The fourth-order valence-corrected chi connectivity index (χ4v) is 4.71. The van der Waals surface area contributed by atoms with Crippen molar-refractivity contribution in [3.8, 4) is 11.4 Å². The van der Waals surface area contributed by atoms with Gasteiger partial charge < -0.3 is 15.0 Å². The van der Waals surface area contributed by atoms with E-state index in [1.807, 2.05) is 66.2 Å². The first-order valence-corrected chi connectivity index (χ1v) is 11.5. The fraction of sp³-hybridized carbons (Fsp3) is 0.308. The van der Waals surface area contributed by atoms with Gasteiger partial charge in [-0.2, -0.15) is 10.2 Å². The van der Waals surface area contributed by atoms with Crippen LogP contribution in [0.4, 0.5) is 11.5 Å². The summed E-state index contributed by atoms with van der Waals surface area (Å²) in [6.45, 7) is 5.39. The number of anilines is 2. The predicted molar refractivity (Wildman–Crippen MR) is 133 cm³/mol. The van der Waals surface area contributed by atoms with E-state index in [9.17, 15) is 4.79 Å². The van der Waals surface area contributed by atoms with Gasteiger partial charge in [-0.15, -0.1) is 5.10 Å². The van der Waals surface area contributed by atoms with Crippen LogP contribution in [0.1, 0.15) is 24.2 Å². The first kappa shape index (κ1) is 21.9. The lowest BCUT2D eigenvalue weighted by molar-refractivity contribution is -0.120. The van der Waals surface area contributed by atoms with Gasteiger partial charge in [-0.05, 0) is 51.0 Å². The normalized spacial score (nSPS) is 16.0. The van der Waals surface area contributed by atoms with Gasteiger partial charge in [-0.3, -0.25) is 4.79 Å². The molecule has 1 amide bonds. The molecule has 1 aliphatic rings. The zero-order chi connectivity index (χ0) is 23.7. The second-order valence-corrected chi connectivity index (χ2v) is 8.64. The summed E-state index contributed by atoms with van der Waals surface area (Å²) in [5, 5.41) is 18.0. The minimum Gasteiger partial charge on any atom is -0.495 e. The number of para-hydroxylation sites is 3. The number of benzene rings is 2. The molecule has 2 aromatic heterocycles. The van der Waals surface area contributed by atoms with E-state index >= 15 is 0 Å². The van der Waals surface area contributed by atoms with E-state index in [4.69, 9.17) is 9.84 Å². The summed E-state index contributed by atoms with van der Waals surface area (Å²) >= 11 is 0. The van der Waals surface area contributed by atoms with E-state index in [0.29, 0.717) is 18.0 Å². The van der Waals surface area contributed by atoms with Crippen molar-refractivity contribution in [2.45, 2.75) is 26.7 Å². The van der Waals surface area contributed by atoms with Crippen molar-refractivity contribution in [2.24, 2.45) is 5.92 Å². The van der Waals surface area contributed by atoms with Gasteiger partial charge in [0, 0.05) is 13.1 Å². The van der Waals surface area contributed by atoms with Crippen LogP contribution in [0.25, 0.3) is 16.6 Å². The van der Waals surface area contributed by atoms with Crippen LogP contribution in [0.3, 0.4) is 0 Å². The van der Waals surface area contributed by atoms with Gasteiger partial charge in [-0.25, -0.2) is 4.68 Å². The maximum atomic E-state index is 13.1. The standard InChI is InChI=1S/C26H28N6O2/c1-17-23-18(2)32(20-11-5-4-6-12-20)30-24(23)25(29-28-17)31-15-9-10-19(16-31)26(33)27-21-13-7-8-14-22(21)34-3/h4-8,11-14,19H,9-10,15-16H2,1-3H3,(H,27,33)/t19-/m0/s1. The van der Waals surface area contributed by atoms with Gasteiger partial charge >= 0.3 is 0 Å². The number of methoxy groups -OCH3 is 1. The van der Waals surface area contributed by atoms with Gasteiger partial charge in [0.05, 0.1) is 41.2 Å². The summed E-state index contributed by atoms with van der Waals surface area (Å²) in [7, 11) is 1.60. The first-order valence-electron chi connectivity index (χ1n) is 11.5. The van der Waals surface area contributed by atoms with Crippen molar-refractivity contribution in [1.82, 2.24) is 20.0 Å². The number of aromatic nitrogens is 4. The fourth-order valence-electron chi connectivity index (χ4n) is 4.71. The van der Waals surface area contributed by atoms with Crippen LogP contribution in [-0.4, -0.2) is 46.1 Å². The van der Waals surface area contributed by atoms with Crippen LogP contribution >= 0.6 is 0 Å². The zero-order valence-electron chi connectivity index (χ0n) is 19.7. The van der Waals surface area contributed by atoms with Gasteiger partial charge in [0.2, 0.25) is 5.91 Å². The summed E-state index contributed by atoms with van der Waals surface area (Å²) in [6.07, 6.45) is 1.71. The third-order valence-corrected chi connectivity index (χ3v) is 6.44. The van der Waals surface area contributed by atoms with E-state index in [1.54, 1.807) is 7.11 Å². The Bertz CT molecular complexity index is 1330.